The quantitative estimate of drug-likeness (QED) is 0.855. The Morgan fingerprint density at radius 3 is 2.68 bits per heavy atom. The number of carbonyl (C=O) groups excluding carboxylic acids is 1. The highest BCUT2D eigenvalue weighted by Crippen LogP contribution is 2.19. The van der Waals surface area contributed by atoms with E-state index in [1.807, 2.05) is 19.1 Å². The van der Waals surface area contributed by atoms with Crippen LogP contribution in [0.5, 0.6) is 0 Å². The minimum atomic E-state index is -0.192. The highest BCUT2D eigenvalue weighted by Gasteiger charge is 2.14. The van der Waals surface area contributed by atoms with Gasteiger partial charge in [0, 0.05) is 22.6 Å². The lowest BCUT2D eigenvalue weighted by Crippen LogP contribution is -2.27. The van der Waals surface area contributed by atoms with E-state index in [4.69, 9.17) is 5.73 Å². The summed E-state index contributed by atoms with van der Waals surface area (Å²) < 4.78 is 0.823. The second-order valence-electron chi connectivity index (χ2n) is 4.21. The smallest absolute Gasteiger partial charge is 0.253 e. The third kappa shape index (κ3) is 3.32. The van der Waals surface area contributed by atoms with Gasteiger partial charge in [-0.25, -0.2) is 0 Å². The molecule has 0 aliphatic heterocycles. The zero-order valence-corrected chi connectivity index (χ0v) is 12.0. The Labute approximate surface area is 120 Å². The van der Waals surface area contributed by atoms with Crippen molar-refractivity contribution in [1.82, 2.24) is 10.3 Å². The number of nitrogens with two attached hydrogens (primary N) is 1. The van der Waals surface area contributed by atoms with Gasteiger partial charge in [0.25, 0.3) is 5.91 Å². The van der Waals surface area contributed by atoms with Crippen LogP contribution in [0.25, 0.3) is 0 Å². The molecule has 0 saturated heterocycles. The second kappa shape index (κ2) is 5.84. The molecule has 2 aromatic rings. The third-order valence-corrected chi connectivity index (χ3v) is 3.31. The van der Waals surface area contributed by atoms with Crippen LogP contribution in [0, 0.1) is 0 Å². The standard InChI is InChI=1S/C14H14BrN3O/c1-9(10-4-6-17-7-5-10)18-14(19)12-8-11(15)2-3-13(12)16/h2-9H,16H2,1H3,(H,18,19)/t9-/m1/s1. The molecular weight excluding hydrogens is 306 g/mol. The summed E-state index contributed by atoms with van der Waals surface area (Å²) in [7, 11) is 0. The number of nitrogen functional groups attached to an aromatic ring is 1. The lowest BCUT2D eigenvalue weighted by molar-refractivity contribution is 0.0940. The second-order valence-corrected chi connectivity index (χ2v) is 5.12. The van der Waals surface area contributed by atoms with E-state index in [0.717, 1.165) is 10.0 Å². The number of amides is 1. The lowest BCUT2D eigenvalue weighted by atomic mass is 10.1. The van der Waals surface area contributed by atoms with Gasteiger partial charge in [0.1, 0.15) is 0 Å². The number of benzene rings is 1. The summed E-state index contributed by atoms with van der Waals surface area (Å²) in [4.78, 5) is 16.1. The molecule has 0 aliphatic rings. The maximum Gasteiger partial charge on any atom is 0.253 e. The third-order valence-electron chi connectivity index (χ3n) is 2.81. The number of pyridine rings is 1. The molecule has 2 rings (SSSR count). The summed E-state index contributed by atoms with van der Waals surface area (Å²) in [6, 6.07) is 8.86. The molecule has 19 heavy (non-hydrogen) atoms. The van der Waals surface area contributed by atoms with Crippen LogP contribution in [0.2, 0.25) is 0 Å². The van der Waals surface area contributed by atoms with Crippen LogP contribution < -0.4 is 11.1 Å². The predicted octanol–water partition coefficient (Wildman–Crippen LogP) is 2.92. The topological polar surface area (TPSA) is 68.0 Å². The van der Waals surface area contributed by atoms with Gasteiger partial charge in [-0.1, -0.05) is 15.9 Å². The van der Waals surface area contributed by atoms with Crippen molar-refractivity contribution in [2.75, 3.05) is 5.73 Å². The molecule has 1 aromatic carbocycles. The molecule has 0 saturated carbocycles. The van der Waals surface area contributed by atoms with Crippen molar-refractivity contribution in [2.45, 2.75) is 13.0 Å². The normalized spacial score (nSPS) is 11.9. The van der Waals surface area contributed by atoms with E-state index in [9.17, 15) is 4.79 Å². The molecule has 0 fully saturated rings. The molecular formula is C14H14BrN3O. The Balaban J connectivity index is 2.15. The van der Waals surface area contributed by atoms with Crippen molar-refractivity contribution in [3.05, 3.63) is 58.3 Å². The minimum Gasteiger partial charge on any atom is -0.398 e. The Morgan fingerprint density at radius 1 is 1.32 bits per heavy atom. The SMILES string of the molecule is C[C@@H](NC(=O)c1cc(Br)ccc1N)c1ccncc1. The van der Waals surface area contributed by atoms with E-state index in [-0.39, 0.29) is 11.9 Å². The molecule has 4 nitrogen and oxygen atoms in total. The molecule has 3 N–H and O–H groups in total. The van der Waals surface area contributed by atoms with Gasteiger partial charge in [-0.3, -0.25) is 9.78 Å². The van der Waals surface area contributed by atoms with Crippen molar-refractivity contribution >= 4 is 27.5 Å². The largest absolute Gasteiger partial charge is 0.398 e. The zero-order valence-electron chi connectivity index (χ0n) is 10.4. The lowest BCUT2D eigenvalue weighted by Gasteiger charge is -2.15. The Hall–Kier alpha value is -1.88. The van der Waals surface area contributed by atoms with Gasteiger partial charge < -0.3 is 11.1 Å². The number of aromatic nitrogens is 1. The molecule has 1 aromatic heterocycles. The number of halogens is 1. The number of carbonyl (C=O) groups is 1. The Bertz CT molecular complexity index is 586. The number of hydrogen-bond donors (Lipinski definition) is 2. The number of hydrogen-bond acceptors (Lipinski definition) is 3. The first kappa shape index (κ1) is 13.5. The van der Waals surface area contributed by atoms with Gasteiger partial charge in [-0.15, -0.1) is 0 Å². The summed E-state index contributed by atoms with van der Waals surface area (Å²) >= 11 is 3.33. The van der Waals surface area contributed by atoms with E-state index < -0.39 is 0 Å². The maximum absolute atomic E-state index is 12.2. The number of rotatable bonds is 3. The summed E-state index contributed by atoms with van der Waals surface area (Å²) in [5.41, 5.74) is 7.74. The van der Waals surface area contributed by atoms with Crippen LogP contribution in [-0.2, 0) is 0 Å². The van der Waals surface area contributed by atoms with E-state index in [0.29, 0.717) is 11.3 Å². The van der Waals surface area contributed by atoms with Crippen LogP contribution in [0.4, 0.5) is 5.69 Å². The highest BCUT2D eigenvalue weighted by molar-refractivity contribution is 9.10. The molecule has 0 spiro atoms. The zero-order chi connectivity index (χ0) is 13.8. The fraction of sp³-hybridized carbons (Fsp3) is 0.143. The fourth-order valence-corrected chi connectivity index (χ4v) is 2.10. The fourth-order valence-electron chi connectivity index (χ4n) is 1.73. The molecule has 0 bridgehead atoms. The molecule has 1 atom stereocenters. The van der Waals surface area contributed by atoms with Crippen LogP contribution in [-0.4, -0.2) is 10.9 Å². The van der Waals surface area contributed by atoms with Gasteiger partial charge in [-0.05, 0) is 42.8 Å². The Morgan fingerprint density at radius 2 is 2.00 bits per heavy atom. The predicted molar refractivity (Wildman–Crippen MR) is 78.7 cm³/mol. The molecule has 1 amide bonds. The first-order valence-electron chi connectivity index (χ1n) is 5.83. The van der Waals surface area contributed by atoms with E-state index in [1.54, 1.807) is 30.6 Å². The molecule has 0 radical (unpaired) electrons. The Kier molecular flexibility index (Phi) is 4.16. The molecule has 1 heterocycles. The monoisotopic (exact) mass is 319 g/mol. The van der Waals surface area contributed by atoms with Crippen molar-refractivity contribution in [3.8, 4) is 0 Å². The summed E-state index contributed by atoms with van der Waals surface area (Å²) in [5.74, 6) is -0.192. The highest BCUT2D eigenvalue weighted by atomic mass is 79.9. The van der Waals surface area contributed by atoms with Crippen molar-refractivity contribution < 1.29 is 4.79 Å². The first-order valence-corrected chi connectivity index (χ1v) is 6.63. The molecule has 5 heteroatoms. The van der Waals surface area contributed by atoms with E-state index in [1.165, 1.54) is 0 Å². The minimum absolute atomic E-state index is 0.103. The van der Waals surface area contributed by atoms with E-state index in [2.05, 4.69) is 26.2 Å². The van der Waals surface area contributed by atoms with Crippen LogP contribution in [0.1, 0.15) is 28.9 Å². The summed E-state index contributed by atoms with van der Waals surface area (Å²) in [6.45, 7) is 1.92. The average molecular weight is 320 g/mol. The van der Waals surface area contributed by atoms with Crippen LogP contribution in [0.3, 0.4) is 0 Å². The van der Waals surface area contributed by atoms with Crippen LogP contribution in [0.15, 0.2) is 47.2 Å². The number of anilines is 1. The summed E-state index contributed by atoms with van der Waals surface area (Å²) in [5, 5.41) is 2.91. The van der Waals surface area contributed by atoms with Crippen molar-refractivity contribution in [2.24, 2.45) is 0 Å². The van der Waals surface area contributed by atoms with E-state index >= 15 is 0 Å². The first-order chi connectivity index (χ1) is 9.08. The molecule has 0 unspecified atom stereocenters. The number of nitrogens with one attached hydrogen (secondary N) is 1. The summed E-state index contributed by atoms with van der Waals surface area (Å²) in [6.07, 6.45) is 3.40. The van der Waals surface area contributed by atoms with Gasteiger partial charge in [0.2, 0.25) is 0 Å². The number of nitrogens with zero attached hydrogens (tertiary/aromatic N) is 1. The molecule has 0 aliphatic carbocycles. The van der Waals surface area contributed by atoms with Crippen LogP contribution >= 0.6 is 15.9 Å². The van der Waals surface area contributed by atoms with Crippen molar-refractivity contribution in [3.63, 3.8) is 0 Å². The maximum atomic E-state index is 12.2. The van der Waals surface area contributed by atoms with Gasteiger partial charge >= 0.3 is 0 Å². The average Bonchev–Trinajstić information content (AvgIpc) is 2.42. The van der Waals surface area contributed by atoms with Gasteiger partial charge in [-0.2, -0.15) is 0 Å². The van der Waals surface area contributed by atoms with Crippen molar-refractivity contribution in [1.29, 1.82) is 0 Å². The molecule has 98 valence electrons. The van der Waals surface area contributed by atoms with Gasteiger partial charge in [0.15, 0.2) is 0 Å². The van der Waals surface area contributed by atoms with Gasteiger partial charge in [0.05, 0.1) is 11.6 Å².